The molecule has 0 aromatic carbocycles. The normalized spacial score (nSPS) is 30.9. The highest BCUT2D eigenvalue weighted by Gasteiger charge is 2.19. The lowest BCUT2D eigenvalue weighted by Gasteiger charge is -2.09. The molecule has 1 saturated heterocycles. The smallest absolute Gasteiger partial charge is 0.217 e. The number of hydrogen-bond acceptors (Lipinski definition) is 2. The monoisotopic (exact) mass is 112 g/mol. The van der Waals surface area contributed by atoms with Crippen molar-refractivity contribution in [3.63, 3.8) is 0 Å². The fraction of sp³-hybridized carbons (Fsp3) is 0.833. The van der Waals surface area contributed by atoms with Crippen LogP contribution in [0.2, 0.25) is 0 Å². The molecule has 0 aromatic heterocycles. The van der Waals surface area contributed by atoms with Crippen molar-refractivity contribution in [1.29, 1.82) is 0 Å². The topological polar surface area (TPSA) is 20.3 Å². The van der Waals surface area contributed by atoms with Crippen LogP contribution in [0.25, 0.3) is 0 Å². The Kier molecular flexibility index (Phi) is 1.63. The van der Waals surface area contributed by atoms with E-state index in [1.54, 1.807) is 0 Å². The largest absolute Gasteiger partial charge is 0.296 e. The Bertz CT molecular complexity index is 92.5. The van der Waals surface area contributed by atoms with Gasteiger partial charge in [0, 0.05) is 0 Å². The number of hydrogen-bond donors (Lipinski definition) is 0. The summed E-state index contributed by atoms with van der Waals surface area (Å²) in [5, 5.41) is 0. The van der Waals surface area contributed by atoms with Crippen LogP contribution in [-0.4, -0.2) is 30.8 Å². The van der Waals surface area contributed by atoms with Crippen LogP contribution in [0.4, 0.5) is 0 Å². The van der Waals surface area contributed by atoms with Crippen LogP contribution in [0.1, 0.15) is 12.8 Å². The molecule has 0 amide bonds. The molecule has 0 saturated carbocycles. The van der Waals surface area contributed by atoms with Crippen LogP contribution in [0.15, 0.2) is 0 Å². The molecule has 45 valence electrons. The number of likely N-dealkylation sites (N-methyl/N-ethyl adjacent to an activating group) is 1. The lowest BCUT2D eigenvalue weighted by atomic mass is 10.2. The van der Waals surface area contributed by atoms with Gasteiger partial charge in [-0.1, -0.05) is 0 Å². The van der Waals surface area contributed by atoms with E-state index in [1.165, 1.54) is 0 Å². The summed E-state index contributed by atoms with van der Waals surface area (Å²) in [6.07, 6.45) is 4.14. The minimum absolute atomic E-state index is 0.0926. The van der Waals surface area contributed by atoms with E-state index in [1.807, 2.05) is 18.2 Å². The molecule has 2 nitrogen and oxygen atoms in total. The van der Waals surface area contributed by atoms with Crippen LogP contribution >= 0.6 is 0 Å². The second-order valence-electron chi connectivity index (χ2n) is 2.26. The molecule has 0 unspecified atom stereocenters. The first-order chi connectivity index (χ1) is 3.84. The third kappa shape index (κ3) is 0.892. The molecule has 8 heavy (non-hydrogen) atoms. The Morgan fingerprint density at radius 3 is 2.75 bits per heavy atom. The highest BCUT2D eigenvalue weighted by molar-refractivity contribution is 5.58. The van der Waals surface area contributed by atoms with E-state index in [0.29, 0.717) is 0 Å². The van der Waals surface area contributed by atoms with Crippen molar-refractivity contribution in [1.82, 2.24) is 4.90 Å². The van der Waals surface area contributed by atoms with Crippen molar-refractivity contribution in [2.75, 3.05) is 13.6 Å². The van der Waals surface area contributed by atoms with E-state index in [2.05, 4.69) is 0 Å². The van der Waals surface area contributed by atoms with Gasteiger partial charge in [-0.25, -0.2) is 0 Å². The molecule has 1 atom stereocenters. The Hall–Kier alpha value is -0.370. The summed E-state index contributed by atoms with van der Waals surface area (Å²) in [4.78, 5) is 12.1. The first-order valence-electron chi connectivity index (χ1n) is 2.92. The average molecular weight is 112 g/mol. The third-order valence-electron chi connectivity index (χ3n) is 1.66. The van der Waals surface area contributed by atoms with Crippen molar-refractivity contribution < 1.29 is 4.79 Å². The summed E-state index contributed by atoms with van der Waals surface area (Å²) in [5.41, 5.74) is 0. The van der Waals surface area contributed by atoms with E-state index >= 15 is 0 Å². The molecule has 0 aromatic rings. The van der Waals surface area contributed by atoms with Crippen molar-refractivity contribution in [2.24, 2.45) is 0 Å². The van der Waals surface area contributed by atoms with Gasteiger partial charge in [-0.05, 0) is 26.4 Å². The fourth-order valence-corrected chi connectivity index (χ4v) is 1.06. The molecule has 0 aliphatic carbocycles. The van der Waals surface area contributed by atoms with Gasteiger partial charge in [-0.15, -0.1) is 0 Å². The Labute approximate surface area is 49.5 Å². The Balaban J connectivity index is 2.41. The van der Waals surface area contributed by atoms with Crippen LogP contribution in [-0.2, 0) is 4.79 Å². The molecular formula is C6H10NO. The Morgan fingerprint density at radius 2 is 2.50 bits per heavy atom. The lowest BCUT2D eigenvalue weighted by molar-refractivity contribution is 0.360. The number of nitrogens with zero attached hydrogens (tertiary/aromatic N) is 1. The molecule has 1 rings (SSSR count). The quantitative estimate of drug-likeness (QED) is 0.482. The van der Waals surface area contributed by atoms with Crippen LogP contribution in [0.3, 0.4) is 0 Å². The maximum atomic E-state index is 10.1. The summed E-state index contributed by atoms with van der Waals surface area (Å²) < 4.78 is 0. The summed E-state index contributed by atoms with van der Waals surface area (Å²) >= 11 is 0. The van der Waals surface area contributed by atoms with E-state index < -0.39 is 0 Å². The zero-order chi connectivity index (χ0) is 5.98. The van der Waals surface area contributed by atoms with Gasteiger partial charge in [0.05, 0.1) is 6.04 Å². The molecule has 0 N–H and O–H groups in total. The Morgan fingerprint density at radius 1 is 1.75 bits per heavy atom. The third-order valence-corrected chi connectivity index (χ3v) is 1.66. The van der Waals surface area contributed by atoms with Gasteiger partial charge in [0.1, 0.15) is 0 Å². The summed E-state index contributed by atoms with van der Waals surface area (Å²) in [6, 6.07) is 0.0926. The van der Waals surface area contributed by atoms with Gasteiger partial charge in [-0.2, -0.15) is 0 Å². The predicted molar refractivity (Wildman–Crippen MR) is 31.3 cm³/mol. The van der Waals surface area contributed by atoms with Crippen molar-refractivity contribution >= 4 is 6.29 Å². The molecular weight excluding hydrogens is 102 g/mol. The molecule has 2 heteroatoms. The van der Waals surface area contributed by atoms with Crippen LogP contribution < -0.4 is 0 Å². The van der Waals surface area contributed by atoms with Crippen molar-refractivity contribution in [2.45, 2.75) is 18.9 Å². The number of rotatable bonds is 1. The highest BCUT2D eigenvalue weighted by Crippen LogP contribution is 2.11. The first kappa shape index (κ1) is 5.76. The molecule has 1 heterocycles. The number of likely N-dealkylation sites (tertiary alicyclic amines) is 1. The zero-order valence-electron chi connectivity index (χ0n) is 5.05. The van der Waals surface area contributed by atoms with Gasteiger partial charge >= 0.3 is 0 Å². The maximum absolute atomic E-state index is 10.1. The van der Waals surface area contributed by atoms with Gasteiger partial charge in [0.2, 0.25) is 6.29 Å². The SMILES string of the molecule is CN1CCC[C@@H]1[C]=O. The molecule has 1 radical (unpaired) electrons. The van der Waals surface area contributed by atoms with Crippen molar-refractivity contribution in [3.8, 4) is 0 Å². The van der Waals surface area contributed by atoms with E-state index in [9.17, 15) is 4.79 Å². The van der Waals surface area contributed by atoms with Crippen LogP contribution in [0.5, 0.6) is 0 Å². The summed E-state index contributed by atoms with van der Waals surface area (Å²) in [5.74, 6) is 0. The van der Waals surface area contributed by atoms with Gasteiger partial charge < -0.3 is 0 Å². The standard InChI is InChI=1S/C6H10NO/c1-7-4-2-3-6(7)5-8/h6H,2-4H2,1H3/t6-/m1/s1. The van der Waals surface area contributed by atoms with E-state index in [4.69, 9.17) is 0 Å². The minimum atomic E-state index is 0.0926. The highest BCUT2D eigenvalue weighted by atomic mass is 16.1. The molecule has 0 bridgehead atoms. The van der Waals surface area contributed by atoms with E-state index in [0.717, 1.165) is 19.4 Å². The number of carbonyl (C=O) groups excluding carboxylic acids is 1. The lowest BCUT2D eigenvalue weighted by Crippen LogP contribution is -2.25. The summed E-state index contributed by atoms with van der Waals surface area (Å²) in [7, 11) is 1.96. The zero-order valence-corrected chi connectivity index (χ0v) is 5.05. The van der Waals surface area contributed by atoms with E-state index in [-0.39, 0.29) is 6.04 Å². The van der Waals surface area contributed by atoms with Gasteiger partial charge in [0.25, 0.3) is 0 Å². The fourth-order valence-electron chi connectivity index (χ4n) is 1.06. The molecule has 1 fully saturated rings. The maximum Gasteiger partial charge on any atom is 0.217 e. The second kappa shape index (κ2) is 2.27. The van der Waals surface area contributed by atoms with Crippen LogP contribution in [0, 0.1) is 0 Å². The first-order valence-corrected chi connectivity index (χ1v) is 2.92. The van der Waals surface area contributed by atoms with Gasteiger partial charge in [0.15, 0.2) is 0 Å². The molecule has 1 aliphatic heterocycles. The van der Waals surface area contributed by atoms with Crippen molar-refractivity contribution in [3.05, 3.63) is 0 Å². The molecule has 0 spiro atoms. The average Bonchev–Trinajstić information content (AvgIpc) is 2.14. The van der Waals surface area contributed by atoms with Gasteiger partial charge in [-0.3, -0.25) is 9.69 Å². The summed E-state index contributed by atoms with van der Waals surface area (Å²) in [6.45, 7) is 1.06. The second-order valence-corrected chi connectivity index (χ2v) is 2.26. The molecule has 1 aliphatic rings. The minimum Gasteiger partial charge on any atom is -0.296 e. The predicted octanol–water partition coefficient (Wildman–Crippen LogP) is 0.190.